The number of hydrogen-bond donors (Lipinski definition) is 1. The summed E-state index contributed by atoms with van der Waals surface area (Å²) in [6.45, 7) is 0. The number of carbonyl (C=O) groups is 1. The first-order valence-corrected chi connectivity index (χ1v) is 6.00. The molecule has 0 aliphatic carbocycles. The van der Waals surface area contributed by atoms with E-state index in [9.17, 15) is 4.79 Å². The van der Waals surface area contributed by atoms with E-state index < -0.39 is 0 Å². The number of thiophene rings is 1. The van der Waals surface area contributed by atoms with Crippen LogP contribution in [0, 0.1) is 0 Å². The Morgan fingerprint density at radius 2 is 2.06 bits per heavy atom. The molecule has 0 aliphatic heterocycles. The zero-order valence-corrected chi connectivity index (χ0v) is 14.0. The molecule has 0 saturated heterocycles. The van der Waals surface area contributed by atoms with E-state index in [4.69, 9.17) is 0 Å². The average Bonchev–Trinajstić information content (AvgIpc) is 2.78. The number of rotatable bonds is 2. The Hall–Kier alpha value is -0.637. The van der Waals surface area contributed by atoms with Crippen molar-refractivity contribution in [1.29, 1.82) is 0 Å². The van der Waals surface area contributed by atoms with E-state index in [1.165, 1.54) is 18.4 Å². The van der Waals surface area contributed by atoms with Crippen molar-refractivity contribution in [2.75, 3.05) is 7.11 Å². The Labute approximate surface area is 122 Å². The van der Waals surface area contributed by atoms with Crippen LogP contribution in [-0.2, 0) is 24.2 Å². The van der Waals surface area contributed by atoms with Crippen LogP contribution in [0.15, 0.2) is 40.6 Å². The van der Waals surface area contributed by atoms with Crippen LogP contribution in [0.3, 0.4) is 0 Å². The molecule has 0 bridgehead atoms. The molecule has 1 aromatic carbocycles. The molecule has 5 heteroatoms. The number of hydrogen-bond acceptors (Lipinski definition) is 4. The minimum Gasteiger partial charge on any atom is -0.465 e. The zero-order chi connectivity index (χ0) is 11.5. The van der Waals surface area contributed by atoms with Gasteiger partial charge in [-0.05, 0) is 12.1 Å². The minimum absolute atomic E-state index is 0. The maximum atomic E-state index is 11.3. The molecule has 0 radical (unpaired) electrons. The van der Waals surface area contributed by atoms with Crippen LogP contribution in [0.1, 0.15) is 10.4 Å². The zero-order valence-electron chi connectivity index (χ0n) is 9.34. The quantitative estimate of drug-likeness (QED) is 0.521. The van der Waals surface area contributed by atoms with Gasteiger partial charge >= 0.3 is 5.97 Å². The number of esters is 1. The smallest absolute Gasteiger partial charge is 0.338 e. The van der Waals surface area contributed by atoms with Gasteiger partial charge in [0.2, 0.25) is 0 Å². The average molecular weight is 316 g/mol. The van der Waals surface area contributed by atoms with E-state index in [2.05, 4.69) is 17.4 Å². The third kappa shape index (κ3) is 3.18. The SMILES string of the molecule is COC(=O)c1csc(-c2ccccc2S)c1.[Zn]. The fraction of sp³-hybridized carbons (Fsp3) is 0.0833. The van der Waals surface area contributed by atoms with Crippen molar-refractivity contribution < 1.29 is 29.0 Å². The first-order chi connectivity index (χ1) is 7.72. The van der Waals surface area contributed by atoms with Gasteiger partial charge < -0.3 is 4.74 Å². The van der Waals surface area contributed by atoms with E-state index in [0.717, 1.165) is 15.3 Å². The van der Waals surface area contributed by atoms with E-state index in [1.54, 1.807) is 5.38 Å². The van der Waals surface area contributed by atoms with Crippen molar-refractivity contribution in [3.05, 3.63) is 41.3 Å². The molecule has 0 spiro atoms. The van der Waals surface area contributed by atoms with Crippen LogP contribution >= 0.6 is 24.0 Å². The summed E-state index contributed by atoms with van der Waals surface area (Å²) in [7, 11) is 1.38. The maximum absolute atomic E-state index is 11.3. The molecule has 0 amide bonds. The van der Waals surface area contributed by atoms with Crippen molar-refractivity contribution in [3.63, 3.8) is 0 Å². The summed E-state index contributed by atoms with van der Waals surface area (Å²) in [4.78, 5) is 13.2. The van der Waals surface area contributed by atoms with Gasteiger partial charge in [0.15, 0.2) is 0 Å². The van der Waals surface area contributed by atoms with Gasteiger partial charge in [-0.1, -0.05) is 18.2 Å². The number of methoxy groups -OCH3 is 1. The van der Waals surface area contributed by atoms with Gasteiger partial charge in [0.25, 0.3) is 0 Å². The minimum atomic E-state index is -0.306. The fourth-order valence-corrected chi connectivity index (χ4v) is 2.66. The third-order valence-electron chi connectivity index (χ3n) is 2.19. The Morgan fingerprint density at radius 3 is 2.71 bits per heavy atom. The molecule has 0 aliphatic rings. The summed E-state index contributed by atoms with van der Waals surface area (Å²) in [5.74, 6) is -0.306. The van der Waals surface area contributed by atoms with Gasteiger partial charge in [-0.3, -0.25) is 0 Å². The normalized spacial score (nSPS) is 9.53. The van der Waals surface area contributed by atoms with Crippen molar-refractivity contribution >= 4 is 29.9 Å². The summed E-state index contributed by atoms with van der Waals surface area (Å²) in [5.41, 5.74) is 1.62. The molecule has 84 valence electrons. The van der Waals surface area contributed by atoms with Crippen molar-refractivity contribution in [1.82, 2.24) is 0 Å². The maximum Gasteiger partial charge on any atom is 0.338 e. The van der Waals surface area contributed by atoms with Gasteiger partial charge in [-0.2, -0.15) is 0 Å². The third-order valence-corrected chi connectivity index (χ3v) is 3.54. The van der Waals surface area contributed by atoms with Gasteiger partial charge in [-0.25, -0.2) is 4.79 Å². The summed E-state index contributed by atoms with van der Waals surface area (Å²) >= 11 is 5.89. The van der Waals surface area contributed by atoms with Crippen LogP contribution < -0.4 is 0 Å². The molecule has 0 fully saturated rings. The van der Waals surface area contributed by atoms with Crippen LogP contribution in [-0.4, -0.2) is 13.1 Å². The van der Waals surface area contributed by atoms with E-state index in [0.29, 0.717) is 5.56 Å². The second kappa shape index (κ2) is 6.34. The largest absolute Gasteiger partial charge is 0.465 e. The number of carbonyl (C=O) groups excluding carboxylic acids is 1. The number of thiol groups is 1. The number of benzene rings is 1. The summed E-state index contributed by atoms with van der Waals surface area (Å²) < 4.78 is 4.66. The molecule has 0 N–H and O–H groups in total. The monoisotopic (exact) mass is 314 g/mol. The molecule has 2 nitrogen and oxygen atoms in total. The Morgan fingerprint density at radius 1 is 1.35 bits per heavy atom. The Kier molecular flexibility index (Phi) is 5.38. The van der Waals surface area contributed by atoms with Crippen LogP contribution in [0.5, 0.6) is 0 Å². The standard InChI is InChI=1S/C12H10O2S2.Zn/c1-14-12(13)8-6-11(16-7-8)9-4-2-3-5-10(9)15;/h2-7,15H,1H3;. The molecular weight excluding hydrogens is 306 g/mol. The first-order valence-electron chi connectivity index (χ1n) is 4.67. The predicted molar refractivity (Wildman–Crippen MR) is 68.3 cm³/mol. The Bertz CT molecular complexity index is 523. The summed E-state index contributed by atoms with van der Waals surface area (Å²) in [6, 6.07) is 9.62. The van der Waals surface area contributed by atoms with Crippen molar-refractivity contribution in [2.45, 2.75) is 4.90 Å². The van der Waals surface area contributed by atoms with Crippen LogP contribution in [0.4, 0.5) is 0 Å². The molecule has 17 heavy (non-hydrogen) atoms. The van der Waals surface area contributed by atoms with Crippen LogP contribution in [0.25, 0.3) is 10.4 Å². The molecule has 0 saturated carbocycles. The molecule has 0 unspecified atom stereocenters. The summed E-state index contributed by atoms with van der Waals surface area (Å²) in [5, 5.41) is 1.79. The molecule has 2 rings (SSSR count). The fourth-order valence-electron chi connectivity index (χ4n) is 1.38. The molecule has 1 aromatic heterocycles. The van der Waals surface area contributed by atoms with Gasteiger partial charge in [0.1, 0.15) is 0 Å². The second-order valence-electron chi connectivity index (χ2n) is 3.21. The number of ether oxygens (including phenoxy) is 1. The van der Waals surface area contributed by atoms with Gasteiger partial charge in [-0.15, -0.1) is 24.0 Å². The van der Waals surface area contributed by atoms with Crippen LogP contribution in [0.2, 0.25) is 0 Å². The molecule has 1 heterocycles. The first kappa shape index (κ1) is 14.4. The van der Waals surface area contributed by atoms with Crippen molar-refractivity contribution in [2.24, 2.45) is 0 Å². The van der Waals surface area contributed by atoms with E-state index >= 15 is 0 Å². The second-order valence-corrected chi connectivity index (χ2v) is 4.60. The van der Waals surface area contributed by atoms with Crippen molar-refractivity contribution in [3.8, 4) is 10.4 Å². The predicted octanol–water partition coefficient (Wildman–Crippen LogP) is 3.49. The molecule has 0 atom stereocenters. The molecule has 2 aromatic rings. The topological polar surface area (TPSA) is 26.3 Å². The van der Waals surface area contributed by atoms with E-state index in [-0.39, 0.29) is 25.4 Å². The van der Waals surface area contributed by atoms with Gasteiger partial charge in [0, 0.05) is 40.2 Å². The van der Waals surface area contributed by atoms with Gasteiger partial charge in [0.05, 0.1) is 12.7 Å². The summed E-state index contributed by atoms with van der Waals surface area (Å²) in [6.07, 6.45) is 0. The Balaban J connectivity index is 0.00000144. The molecular formula is C12H10O2S2Zn. The van der Waals surface area contributed by atoms with E-state index in [1.807, 2.05) is 30.3 Å².